The van der Waals surface area contributed by atoms with E-state index in [1.165, 1.54) is 19.1 Å². The molecule has 0 aliphatic rings. The average molecular weight is 406 g/mol. The van der Waals surface area contributed by atoms with E-state index in [2.05, 4.69) is 10.6 Å². The standard InChI is InChI=1S/C24H23FN2O3/c1-17(28)27-23(19-5-3-2-4-6-19)15-24(29)26-16-18-7-11-21(12-8-18)30-22-13-9-20(25)10-14-22/h2-14,23H,15-16H2,1H3,(H,26,29)(H,27,28). The lowest BCUT2D eigenvalue weighted by Gasteiger charge is -2.18. The first-order valence-corrected chi connectivity index (χ1v) is 9.61. The van der Waals surface area contributed by atoms with Crippen molar-refractivity contribution in [2.24, 2.45) is 0 Å². The first-order valence-electron chi connectivity index (χ1n) is 9.61. The van der Waals surface area contributed by atoms with Gasteiger partial charge in [-0.2, -0.15) is 0 Å². The molecule has 30 heavy (non-hydrogen) atoms. The van der Waals surface area contributed by atoms with Crippen molar-refractivity contribution in [2.75, 3.05) is 0 Å². The van der Waals surface area contributed by atoms with E-state index in [4.69, 9.17) is 4.74 Å². The van der Waals surface area contributed by atoms with E-state index in [9.17, 15) is 14.0 Å². The van der Waals surface area contributed by atoms with E-state index in [0.29, 0.717) is 18.0 Å². The zero-order valence-electron chi connectivity index (χ0n) is 16.6. The summed E-state index contributed by atoms with van der Waals surface area (Å²) in [4.78, 5) is 23.9. The van der Waals surface area contributed by atoms with Crippen LogP contribution in [0, 0.1) is 5.82 Å². The van der Waals surface area contributed by atoms with Gasteiger partial charge in [0, 0.05) is 13.5 Å². The summed E-state index contributed by atoms with van der Waals surface area (Å²) in [6.45, 7) is 1.79. The summed E-state index contributed by atoms with van der Waals surface area (Å²) >= 11 is 0. The van der Waals surface area contributed by atoms with E-state index in [0.717, 1.165) is 11.1 Å². The predicted octanol–water partition coefficient (Wildman–Crippen LogP) is 4.50. The molecule has 0 saturated carbocycles. The van der Waals surface area contributed by atoms with E-state index in [-0.39, 0.29) is 30.1 Å². The molecule has 6 heteroatoms. The Balaban J connectivity index is 1.53. The molecule has 0 radical (unpaired) electrons. The third-order valence-electron chi connectivity index (χ3n) is 4.43. The van der Waals surface area contributed by atoms with Crippen LogP contribution in [0.2, 0.25) is 0 Å². The van der Waals surface area contributed by atoms with E-state index >= 15 is 0 Å². The van der Waals surface area contributed by atoms with Crippen molar-refractivity contribution < 1.29 is 18.7 Å². The van der Waals surface area contributed by atoms with Crippen LogP contribution >= 0.6 is 0 Å². The number of nitrogens with one attached hydrogen (secondary N) is 2. The van der Waals surface area contributed by atoms with Gasteiger partial charge in [0.05, 0.1) is 12.5 Å². The molecular weight excluding hydrogens is 383 g/mol. The minimum absolute atomic E-state index is 0.148. The molecule has 2 N–H and O–H groups in total. The number of halogens is 1. The Morgan fingerprint density at radius 3 is 2.10 bits per heavy atom. The van der Waals surface area contributed by atoms with E-state index in [1.807, 2.05) is 42.5 Å². The molecule has 3 rings (SSSR count). The largest absolute Gasteiger partial charge is 0.457 e. The molecule has 0 aliphatic carbocycles. The minimum Gasteiger partial charge on any atom is -0.457 e. The normalized spacial score (nSPS) is 11.4. The molecular formula is C24H23FN2O3. The quantitative estimate of drug-likeness (QED) is 0.579. The highest BCUT2D eigenvalue weighted by atomic mass is 19.1. The molecule has 0 aromatic heterocycles. The van der Waals surface area contributed by atoms with Gasteiger partial charge in [0.15, 0.2) is 0 Å². The number of hydrogen-bond acceptors (Lipinski definition) is 3. The molecule has 0 spiro atoms. The fourth-order valence-corrected chi connectivity index (χ4v) is 2.96. The Morgan fingerprint density at radius 1 is 0.900 bits per heavy atom. The molecule has 3 aromatic carbocycles. The molecule has 1 unspecified atom stereocenters. The van der Waals surface area contributed by atoms with Gasteiger partial charge in [-0.3, -0.25) is 9.59 Å². The van der Waals surface area contributed by atoms with Crippen LogP contribution in [0.5, 0.6) is 11.5 Å². The van der Waals surface area contributed by atoms with Gasteiger partial charge in [0.1, 0.15) is 17.3 Å². The zero-order valence-corrected chi connectivity index (χ0v) is 16.6. The lowest BCUT2D eigenvalue weighted by atomic mass is 10.0. The SMILES string of the molecule is CC(=O)NC(CC(=O)NCc1ccc(Oc2ccc(F)cc2)cc1)c1ccccc1. The molecule has 0 aliphatic heterocycles. The van der Waals surface area contributed by atoms with Crippen LogP contribution in [0.3, 0.4) is 0 Å². The number of rotatable bonds is 8. The molecule has 0 bridgehead atoms. The highest BCUT2D eigenvalue weighted by Crippen LogP contribution is 2.22. The Labute approximate surface area is 174 Å². The summed E-state index contributed by atoms with van der Waals surface area (Å²) in [6.07, 6.45) is 0.148. The first-order chi connectivity index (χ1) is 14.5. The Bertz CT molecular complexity index is 974. The Hall–Kier alpha value is -3.67. The third-order valence-corrected chi connectivity index (χ3v) is 4.43. The molecule has 1 atom stereocenters. The van der Waals surface area contributed by atoms with Crippen molar-refractivity contribution in [3.8, 4) is 11.5 Å². The number of ether oxygens (including phenoxy) is 1. The summed E-state index contributed by atoms with van der Waals surface area (Å²) in [5, 5.41) is 5.69. The van der Waals surface area contributed by atoms with Crippen molar-refractivity contribution in [3.63, 3.8) is 0 Å². The van der Waals surface area contributed by atoms with Crippen LogP contribution in [-0.2, 0) is 16.1 Å². The minimum atomic E-state index is -0.379. The number of carbonyl (C=O) groups excluding carboxylic acids is 2. The van der Waals surface area contributed by atoms with Gasteiger partial charge in [-0.05, 0) is 47.5 Å². The zero-order chi connectivity index (χ0) is 21.3. The van der Waals surface area contributed by atoms with E-state index < -0.39 is 0 Å². The van der Waals surface area contributed by atoms with Gasteiger partial charge in [-0.15, -0.1) is 0 Å². The summed E-state index contributed by atoms with van der Waals surface area (Å²) < 4.78 is 18.6. The second-order valence-electron chi connectivity index (χ2n) is 6.84. The molecule has 5 nitrogen and oxygen atoms in total. The number of hydrogen-bond donors (Lipinski definition) is 2. The summed E-state index contributed by atoms with van der Waals surface area (Å²) in [5.74, 6) is 0.493. The second kappa shape index (κ2) is 10.2. The van der Waals surface area contributed by atoms with Gasteiger partial charge < -0.3 is 15.4 Å². The van der Waals surface area contributed by atoms with Gasteiger partial charge in [0.25, 0.3) is 0 Å². The second-order valence-corrected chi connectivity index (χ2v) is 6.84. The predicted molar refractivity (Wildman–Crippen MR) is 112 cm³/mol. The van der Waals surface area contributed by atoms with Crippen LogP contribution in [0.1, 0.15) is 30.5 Å². The van der Waals surface area contributed by atoms with Crippen LogP contribution in [-0.4, -0.2) is 11.8 Å². The fourth-order valence-electron chi connectivity index (χ4n) is 2.96. The first kappa shape index (κ1) is 21.0. The van der Waals surface area contributed by atoms with Crippen molar-refractivity contribution in [1.29, 1.82) is 0 Å². The maximum absolute atomic E-state index is 13.0. The number of carbonyl (C=O) groups is 2. The Kier molecular flexibility index (Phi) is 7.16. The van der Waals surface area contributed by atoms with E-state index in [1.54, 1.807) is 24.3 Å². The van der Waals surface area contributed by atoms with Crippen LogP contribution in [0.4, 0.5) is 4.39 Å². The van der Waals surface area contributed by atoms with Gasteiger partial charge in [-0.1, -0.05) is 42.5 Å². The van der Waals surface area contributed by atoms with Gasteiger partial charge >= 0.3 is 0 Å². The monoisotopic (exact) mass is 406 g/mol. The molecule has 0 fully saturated rings. The average Bonchev–Trinajstić information content (AvgIpc) is 2.75. The number of benzene rings is 3. The number of amides is 2. The molecule has 2 amide bonds. The maximum atomic E-state index is 13.0. The van der Waals surface area contributed by atoms with Gasteiger partial charge in [-0.25, -0.2) is 4.39 Å². The van der Waals surface area contributed by atoms with Crippen LogP contribution < -0.4 is 15.4 Å². The summed E-state index contributed by atoms with van der Waals surface area (Å²) in [7, 11) is 0. The van der Waals surface area contributed by atoms with Crippen LogP contribution in [0.25, 0.3) is 0 Å². The smallest absolute Gasteiger partial charge is 0.222 e. The lowest BCUT2D eigenvalue weighted by molar-refractivity contribution is -0.122. The lowest BCUT2D eigenvalue weighted by Crippen LogP contribution is -2.32. The van der Waals surface area contributed by atoms with Crippen molar-refractivity contribution in [3.05, 3.63) is 95.8 Å². The molecule has 0 heterocycles. The van der Waals surface area contributed by atoms with Crippen LogP contribution in [0.15, 0.2) is 78.9 Å². The molecule has 0 saturated heterocycles. The third kappa shape index (κ3) is 6.44. The highest BCUT2D eigenvalue weighted by molar-refractivity contribution is 5.79. The topological polar surface area (TPSA) is 67.4 Å². The Morgan fingerprint density at radius 2 is 1.50 bits per heavy atom. The van der Waals surface area contributed by atoms with Gasteiger partial charge in [0.2, 0.25) is 11.8 Å². The molecule has 154 valence electrons. The highest BCUT2D eigenvalue weighted by Gasteiger charge is 2.16. The van der Waals surface area contributed by atoms with Crippen molar-refractivity contribution in [2.45, 2.75) is 25.9 Å². The fraction of sp³-hybridized carbons (Fsp3) is 0.167. The van der Waals surface area contributed by atoms with Crippen molar-refractivity contribution >= 4 is 11.8 Å². The maximum Gasteiger partial charge on any atom is 0.222 e. The summed E-state index contributed by atoms with van der Waals surface area (Å²) in [5.41, 5.74) is 1.79. The van der Waals surface area contributed by atoms with Crippen molar-refractivity contribution in [1.82, 2.24) is 10.6 Å². The molecule has 3 aromatic rings. The summed E-state index contributed by atoms with van der Waals surface area (Å²) in [6, 6.07) is 22.1.